The molecule has 0 spiro atoms. The molecule has 5 heteroatoms. The van der Waals surface area contributed by atoms with Crippen LogP contribution in [0.2, 0.25) is 0 Å². The lowest BCUT2D eigenvalue weighted by Crippen LogP contribution is -2.06. The molecule has 0 fully saturated rings. The van der Waals surface area contributed by atoms with Crippen molar-refractivity contribution < 1.29 is 0 Å². The number of alkyl halides is 1. The van der Waals surface area contributed by atoms with Gasteiger partial charge in [-0.05, 0) is 12.1 Å². The third-order valence-electron chi connectivity index (χ3n) is 1.87. The summed E-state index contributed by atoms with van der Waals surface area (Å²) < 4.78 is 1.83. The van der Waals surface area contributed by atoms with Crippen LogP contribution >= 0.6 is 15.9 Å². The van der Waals surface area contributed by atoms with Crippen LogP contribution in [0.25, 0.3) is 0 Å². The van der Waals surface area contributed by atoms with Gasteiger partial charge in [0.25, 0.3) is 0 Å². The molecule has 0 N–H and O–H groups in total. The maximum atomic E-state index is 4.23. The van der Waals surface area contributed by atoms with Crippen LogP contribution in [0.1, 0.15) is 11.4 Å². The van der Waals surface area contributed by atoms with Crippen molar-refractivity contribution >= 4 is 15.9 Å². The Labute approximate surface area is 90.1 Å². The fourth-order valence-corrected chi connectivity index (χ4v) is 1.59. The molecule has 0 atom stereocenters. The summed E-state index contributed by atoms with van der Waals surface area (Å²) in [5.41, 5.74) is 2.04. The largest absolute Gasteiger partial charge is 0.259 e. The van der Waals surface area contributed by atoms with Gasteiger partial charge in [0.1, 0.15) is 0 Å². The first kappa shape index (κ1) is 9.33. The van der Waals surface area contributed by atoms with Crippen LogP contribution < -0.4 is 0 Å². The Morgan fingerprint density at radius 2 is 2.29 bits per heavy atom. The zero-order valence-electron chi connectivity index (χ0n) is 7.47. The number of aromatic nitrogens is 4. The lowest BCUT2D eigenvalue weighted by atomic mass is 10.3. The fourth-order valence-electron chi connectivity index (χ4n) is 1.16. The van der Waals surface area contributed by atoms with Gasteiger partial charge in [0.15, 0.2) is 0 Å². The molecule has 0 aromatic carbocycles. The minimum absolute atomic E-state index is 0.668. The van der Waals surface area contributed by atoms with Crippen molar-refractivity contribution in [2.24, 2.45) is 0 Å². The van der Waals surface area contributed by atoms with Crippen LogP contribution in [0.3, 0.4) is 0 Å². The minimum Gasteiger partial charge on any atom is -0.259 e. The summed E-state index contributed by atoms with van der Waals surface area (Å²) >= 11 is 3.38. The first-order valence-electron chi connectivity index (χ1n) is 4.23. The van der Waals surface area contributed by atoms with Crippen molar-refractivity contribution in [1.82, 2.24) is 20.0 Å². The highest BCUT2D eigenvalue weighted by Gasteiger charge is 2.02. The highest BCUT2D eigenvalue weighted by atomic mass is 79.9. The summed E-state index contributed by atoms with van der Waals surface area (Å²) in [6.45, 7) is 0.668. The highest BCUT2D eigenvalue weighted by Crippen LogP contribution is 2.05. The fraction of sp³-hybridized carbons (Fsp3) is 0.222. The van der Waals surface area contributed by atoms with E-state index in [0.29, 0.717) is 6.54 Å². The number of halogens is 1. The summed E-state index contributed by atoms with van der Waals surface area (Å²) in [7, 11) is 0. The van der Waals surface area contributed by atoms with Gasteiger partial charge in [-0.1, -0.05) is 27.2 Å². The molecule has 2 heterocycles. The van der Waals surface area contributed by atoms with Crippen molar-refractivity contribution in [2.45, 2.75) is 11.9 Å². The first-order valence-corrected chi connectivity index (χ1v) is 5.35. The van der Waals surface area contributed by atoms with E-state index in [2.05, 4.69) is 31.2 Å². The molecule has 2 aromatic heterocycles. The molecule has 0 radical (unpaired) electrons. The topological polar surface area (TPSA) is 43.6 Å². The van der Waals surface area contributed by atoms with Crippen molar-refractivity contribution in [3.05, 3.63) is 42.0 Å². The Kier molecular flexibility index (Phi) is 2.88. The van der Waals surface area contributed by atoms with Gasteiger partial charge in [0.05, 0.1) is 24.1 Å². The molecule has 2 rings (SSSR count). The van der Waals surface area contributed by atoms with Crippen molar-refractivity contribution in [2.75, 3.05) is 0 Å². The quantitative estimate of drug-likeness (QED) is 0.780. The van der Waals surface area contributed by atoms with Gasteiger partial charge in [-0.2, -0.15) is 0 Å². The van der Waals surface area contributed by atoms with E-state index in [1.54, 1.807) is 12.4 Å². The molecule has 0 saturated carbocycles. The van der Waals surface area contributed by atoms with E-state index >= 15 is 0 Å². The molecule has 0 unspecified atom stereocenters. The van der Waals surface area contributed by atoms with Crippen LogP contribution in [-0.4, -0.2) is 20.0 Å². The molecule has 0 aliphatic rings. The maximum Gasteiger partial charge on any atom is 0.0852 e. The van der Waals surface area contributed by atoms with Crippen molar-refractivity contribution in [1.29, 1.82) is 0 Å². The summed E-state index contributed by atoms with van der Waals surface area (Å²) in [6, 6.07) is 5.84. The van der Waals surface area contributed by atoms with E-state index in [4.69, 9.17) is 0 Å². The van der Waals surface area contributed by atoms with Crippen LogP contribution in [0, 0.1) is 0 Å². The van der Waals surface area contributed by atoms with Gasteiger partial charge < -0.3 is 0 Å². The molecule has 72 valence electrons. The molecule has 0 aliphatic heterocycles. The molecule has 14 heavy (non-hydrogen) atoms. The predicted octanol–water partition coefficient (Wildman–Crippen LogP) is 1.62. The maximum absolute atomic E-state index is 4.23. The molecule has 0 saturated heterocycles. The zero-order valence-corrected chi connectivity index (χ0v) is 9.05. The standard InChI is InChI=1S/C9H9BrN4/c10-5-9-6-12-13-14(9)7-8-3-1-2-4-11-8/h1-4,6H,5,7H2. The summed E-state index contributed by atoms with van der Waals surface area (Å²) in [5.74, 6) is 0. The van der Waals surface area contributed by atoms with E-state index in [9.17, 15) is 0 Å². The lowest BCUT2D eigenvalue weighted by Gasteiger charge is -2.02. The van der Waals surface area contributed by atoms with E-state index < -0.39 is 0 Å². The Bertz CT molecular complexity index is 398. The molecular weight excluding hydrogens is 244 g/mol. The van der Waals surface area contributed by atoms with E-state index in [1.165, 1.54) is 0 Å². The first-order chi connectivity index (χ1) is 6.90. The molecule has 0 amide bonds. The van der Waals surface area contributed by atoms with Gasteiger partial charge in [-0.3, -0.25) is 4.98 Å². The average Bonchev–Trinajstić information content (AvgIpc) is 2.67. The minimum atomic E-state index is 0.668. The Hall–Kier alpha value is -1.23. The molecule has 4 nitrogen and oxygen atoms in total. The summed E-state index contributed by atoms with van der Waals surface area (Å²) in [6.07, 6.45) is 3.53. The summed E-state index contributed by atoms with van der Waals surface area (Å²) in [5, 5.41) is 8.58. The van der Waals surface area contributed by atoms with E-state index in [0.717, 1.165) is 16.7 Å². The van der Waals surface area contributed by atoms with Crippen LogP contribution in [0.4, 0.5) is 0 Å². The number of rotatable bonds is 3. The molecular formula is C9H9BrN4. The number of hydrogen-bond acceptors (Lipinski definition) is 3. The van der Waals surface area contributed by atoms with Gasteiger partial charge >= 0.3 is 0 Å². The van der Waals surface area contributed by atoms with Gasteiger partial charge in [-0.25, -0.2) is 4.68 Å². The number of pyridine rings is 1. The summed E-state index contributed by atoms with van der Waals surface area (Å²) in [4.78, 5) is 4.23. The molecule has 2 aromatic rings. The second-order valence-corrected chi connectivity index (χ2v) is 3.40. The van der Waals surface area contributed by atoms with E-state index in [-0.39, 0.29) is 0 Å². The van der Waals surface area contributed by atoms with Crippen LogP contribution in [-0.2, 0) is 11.9 Å². The second-order valence-electron chi connectivity index (χ2n) is 2.84. The highest BCUT2D eigenvalue weighted by molar-refractivity contribution is 9.08. The van der Waals surface area contributed by atoms with Crippen molar-refractivity contribution in [3.8, 4) is 0 Å². The monoisotopic (exact) mass is 252 g/mol. The SMILES string of the molecule is BrCc1cnnn1Cc1ccccn1. The molecule has 0 bridgehead atoms. The third kappa shape index (κ3) is 1.98. The number of hydrogen-bond donors (Lipinski definition) is 0. The Balaban J connectivity index is 2.19. The Morgan fingerprint density at radius 3 is 3.00 bits per heavy atom. The van der Waals surface area contributed by atoms with Crippen LogP contribution in [0.5, 0.6) is 0 Å². The van der Waals surface area contributed by atoms with Gasteiger partial charge in [0, 0.05) is 11.5 Å². The second kappa shape index (κ2) is 4.32. The van der Waals surface area contributed by atoms with Gasteiger partial charge in [-0.15, -0.1) is 5.10 Å². The number of nitrogens with zero attached hydrogens (tertiary/aromatic N) is 4. The third-order valence-corrected chi connectivity index (χ3v) is 2.45. The predicted molar refractivity (Wildman–Crippen MR) is 56.0 cm³/mol. The Morgan fingerprint density at radius 1 is 1.36 bits per heavy atom. The lowest BCUT2D eigenvalue weighted by molar-refractivity contribution is 0.621. The van der Waals surface area contributed by atoms with Gasteiger partial charge in [0.2, 0.25) is 0 Å². The zero-order chi connectivity index (χ0) is 9.80. The van der Waals surface area contributed by atoms with Crippen LogP contribution in [0.15, 0.2) is 30.6 Å². The van der Waals surface area contributed by atoms with Crippen molar-refractivity contribution in [3.63, 3.8) is 0 Å². The smallest absolute Gasteiger partial charge is 0.0852 e. The van der Waals surface area contributed by atoms with E-state index in [1.807, 2.05) is 22.9 Å². The average molecular weight is 253 g/mol. The molecule has 0 aliphatic carbocycles. The normalized spacial score (nSPS) is 10.4.